The van der Waals surface area contributed by atoms with Gasteiger partial charge in [0.05, 0.1) is 3.57 Å². The molecular weight excluding hydrogens is 329 g/mol. The van der Waals surface area contributed by atoms with Gasteiger partial charge in [-0.25, -0.2) is 15.0 Å². The molecule has 0 aliphatic carbocycles. The lowest BCUT2D eigenvalue weighted by atomic mass is 10.4. The van der Waals surface area contributed by atoms with E-state index in [1.807, 2.05) is 35.0 Å². The quantitative estimate of drug-likeness (QED) is 0.690. The molecule has 0 aromatic carbocycles. The van der Waals surface area contributed by atoms with Crippen molar-refractivity contribution in [2.75, 3.05) is 5.73 Å². The molecule has 5 nitrogen and oxygen atoms in total. The summed E-state index contributed by atoms with van der Waals surface area (Å²) in [5.41, 5.74) is 7.34. The maximum atomic E-state index is 5.76. The van der Waals surface area contributed by atoms with Crippen LogP contribution in [0.5, 0.6) is 0 Å². The van der Waals surface area contributed by atoms with Gasteiger partial charge in [0.2, 0.25) is 0 Å². The second-order valence-electron chi connectivity index (χ2n) is 3.52. The number of aromatic nitrogens is 4. The molecule has 84 valence electrons. The lowest BCUT2D eigenvalue weighted by Gasteiger charge is -1.98. The molecule has 3 aromatic rings. The normalized spacial score (nSPS) is 10.9. The van der Waals surface area contributed by atoms with Crippen molar-refractivity contribution < 1.29 is 0 Å². The maximum absolute atomic E-state index is 5.76. The molecule has 2 N–H and O–H groups in total. The van der Waals surface area contributed by atoms with Gasteiger partial charge in [0, 0.05) is 18.6 Å². The highest BCUT2D eigenvalue weighted by Crippen LogP contribution is 2.18. The van der Waals surface area contributed by atoms with Crippen molar-refractivity contribution in [2.24, 2.45) is 0 Å². The second kappa shape index (κ2) is 3.95. The Hall–Kier alpha value is -1.70. The summed E-state index contributed by atoms with van der Waals surface area (Å²) in [4.78, 5) is 12.9. The average molecular weight is 337 g/mol. The molecule has 0 radical (unpaired) electrons. The van der Waals surface area contributed by atoms with Crippen molar-refractivity contribution in [3.8, 4) is 11.5 Å². The van der Waals surface area contributed by atoms with Crippen molar-refractivity contribution in [1.82, 2.24) is 19.4 Å². The molecule has 17 heavy (non-hydrogen) atoms. The lowest BCUT2D eigenvalue weighted by molar-refractivity contribution is 1.15. The van der Waals surface area contributed by atoms with E-state index in [0.29, 0.717) is 11.6 Å². The van der Waals surface area contributed by atoms with E-state index >= 15 is 0 Å². The van der Waals surface area contributed by atoms with Crippen LogP contribution >= 0.6 is 22.6 Å². The van der Waals surface area contributed by atoms with Gasteiger partial charge in [0.1, 0.15) is 17.2 Å². The van der Waals surface area contributed by atoms with Crippen molar-refractivity contribution >= 4 is 34.1 Å². The molecule has 3 rings (SSSR count). The molecule has 0 aliphatic heterocycles. The van der Waals surface area contributed by atoms with E-state index in [1.54, 1.807) is 6.20 Å². The SMILES string of the molecule is Nc1nc(-c2cn3ccccc3n2)ncc1I. The Kier molecular flexibility index (Phi) is 2.43. The van der Waals surface area contributed by atoms with Crippen molar-refractivity contribution in [1.29, 1.82) is 0 Å². The first-order valence-corrected chi connectivity index (χ1v) is 6.04. The van der Waals surface area contributed by atoms with E-state index in [1.165, 1.54) is 0 Å². The summed E-state index contributed by atoms with van der Waals surface area (Å²) < 4.78 is 2.77. The number of hydrogen-bond donors (Lipinski definition) is 1. The second-order valence-corrected chi connectivity index (χ2v) is 4.68. The summed E-state index contributed by atoms with van der Waals surface area (Å²) in [6.45, 7) is 0. The Morgan fingerprint density at radius 1 is 1.24 bits per heavy atom. The third-order valence-corrected chi connectivity index (χ3v) is 3.20. The molecule has 0 aliphatic rings. The number of fused-ring (bicyclic) bond motifs is 1. The van der Waals surface area contributed by atoms with E-state index in [-0.39, 0.29) is 0 Å². The van der Waals surface area contributed by atoms with Crippen LogP contribution < -0.4 is 5.73 Å². The van der Waals surface area contributed by atoms with Crippen molar-refractivity contribution in [2.45, 2.75) is 0 Å². The number of anilines is 1. The topological polar surface area (TPSA) is 69.1 Å². The van der Waals surface area contributed by atoms with Crippen LogP contribution in [0, 0.1) is 3.57 Å². The zero-order valence-electron chi connectivity index (χ0n) is 8.71. The van der Waals surface area contributed by atoms with Crippen LogP contribution in [0.4, 0.5) is 5.82 Å². The molecule has 0 amide bonds. The van der Waals surface area contributed by atoms with Crippen LogP contribution in [0.3, 0.4) is 0 Å². The minimum Gasteiger partial charge on any atom is -0.383 e. The molecule has 0 saturated heterocycles. The predicted molar refractivity (Wildman–Crippen MR) is 73.3 cm³/mol. The first-order chi connectivity index (χ1) is 8.24. The smallest absolute Gasteiger partial charge is 0.181 e. The van der Waals surface area contributed by atoms with Crippen LogP contribution in [0.2, 0.25) is 0 Å². The van der Waals surface area contributed by atoms with Crippen LogP contribution in [0.25, 0.3) is 17.2 Å². The Balaban J connectivity index is 2.17. The van der Waals surface area contributed by atoms with Gasteiger partial charge in [0.15, 0.2) is 5.82 Å². The largest absolute Gasteiger partial charge is 0.383 e. The molecule has 3 heterocycles. The Morgan fingerprint density at radius 2 is 2.12 bits per heavy atom. The van der Waals surface area contributed by atoms with Gasteiger partial charge in [-0.2, -0.15) is 0 Å². The maximum Gasteiger partial charge on any atom is 0.181 e. The van der Waals surface area contributed by atoms with E-state index in [9.17, 15) is 0 Å². The summed E-state index contributed by atoms with van der Waals surface area (Å²) in [7, 11) is 0. The molecule has 0 bridgehead atoms. The number of rotatable bonds is 1. The van der Waals surface area contributed by atoms with Crippen LogP contribution in [0.15, 0.2) is 36.8 Å². The fraction of sp³-hybridized carbons (Fsp3) is 0. The number of nitrogens with two attached hydrogens (primary N) is 1. The Morgan fingerprint density at radius 3 is 2.88 bits per heavy atom. The summed E-state index contributed by atoms with van der Waals surface area (Å²) in [6, 6.07) is 5.82. The number of pyridine rings is 1. The number of hydrogen-bond acceptors (Lipinski definition) is 4. The molecule has 3 aromatic heterocycles. The highest BCUT2D eigenvalue weighted by atomic mass is 127. The molecule has 0 unspecified atom stereocenters. The average Bonchev–Trinajstić information content (AvgIpc) is 2.76. The summed E-state index contributed by atoms with van der Waals surface area (Å²) in [5, 5.41) is 0. The van der Waals surface area contributed by atoms with Gasteiger partial charge in [-0.3, -0.25) is 0 Å². The first kappa shape index (κ1) is 10.5. The molecule has 0 saturated carbocycles. The van der Waals surface area contributed by atoms with Crippen LogP contribution in [-0.4, -0.2) is 19.4 Å². The summed E-state index contributed by atoms with van der Waals surface area (Å²) in [6.07, 6.45) is 5.51. The van der Waals surface area contributed by atoms with Crippen molar-refractivity contribution in [3.63, 3.8) is 0 Å². The fourth-order valence-corrected chi connectivity index (χ4v) is 1.81. The molecular formula is C11H8IN5. The lowest BCUT2D eigenvalue weighted by Crippen LogP contribution is -1.98. The summed E-state index contributed by atoms with van der Waals surface area (Å²) >= 11 is 2.10. The van der Waals surface area contributed by atoms with E-state index in [0.717, 1.165) is 14.9 Å². The molecule has 0 spiro atoms. The zero-order chi connectivity index (χ0) is 11.8. The van der Waals surface area contributed by atoms with Crippen molar-refractivity contribution in [3.05, 3.63) is 40.4 Å². The van der Waals surface area contributed by atoms with Gasteiger partial charge >= 0.3 is 0 Å². The predicted octanol–water partition coefficient (Wildman–Crippen LogP) is 1.98. The fourth-order valence-electron chi connectivity index (χ4n) is 1.55. The van der Waals surface area contributed by atoms with Gasteiger partial charge in [0.25, 0.3) is 0 Å². The number of imidazole rings is 1. The zero-order valence-corrected chi connectivity index (χ0v) is 10.9. The van der Waals surface area contributed by atoms with Gasteiger partial charge < -0.3 is 10.1 Å². The Labute approximate surface area is 111 Å². The molecule has 6 heteroatoms. The van der Waals surface area contributed by atoms with E-state index in [2.05, 4.69) is 37.5 Å². The van der Waals surface area contributed by atoms with E-state index in [4.69, 9.17) is 5.73 Å². The summed E-state index contributed by atoms with van der Waals surface area (Å²) in [5.74, 6) is 1.03. The highest BCUT2D eigenvalue weighted by Gasteiger charge is 2.08. The van der Waals surface area contributed by atoms with Crippen LogP contribution in [0.1, 0.15) is 0 Å². The van der Waals surface area contributed by atoms with Gasteiger partial charge in [-0.1, -0.05) is 6.07 Å². The Bertz CT molecular complexity index is 658. The third kappa shape index (κ3) is 1.84. The standard InChI is InChI=1S/C11H8IN5/c12-7-5-14-11(16-10(7)13)8-6-17-4-2-1-3-9(17)15-8/h1-6H,(H2,13,14,16). The van der Waals surface area contributed by atoms with Crippen LogP contribution in [-0.2, 0) is 0 Å². The minimum atomic E-state index is 0.479. The number of nitrogens with zero attached hydrogens (tertiary/aromatic N) is 4. The monoisotopic (exact) mass is 337 g/mol. The molecule has 0 fully saturated rings. The third-order valence-electron chi connectivity index (χ3n) is 2.36. The minimum absolute atomic E-state index is 0.479. The van der Waals surface area contributed by atoms with Gasteiger partial charge in [-0.15, -0.1) is 0 Å². The molecule has 0 atom stereocenters. The number of halogens is 1. The highest BCUT2D eigenvalue weighted by molar-refractivity contribution is 14.1. The van der Waals surface area contributed by atoms with E-state index < -0.39 is 0 Å². The first-order valence-electron chi connectivity index (χ1n) is 4.96. The number of nitrogen functional groups attached to an aromatic ring is 1. The van der Waals surface area contributed by atoms with Gasteiger partial charge in [-0.05, 0) is 34.7 Å².